The number of allylic oxidation sites excluding steroid dienone is 1. The number of rotatable bonds is 4. The molecule has 0 fully saturated rings. The standard InChI is InChI=1S/C14H21N3O/c1-17-10-12(15)9-13(17)14(18)16-8-7-11-5-3-2-4-6-11/h5,9-10H,2-4,6-8,15H2,1H3,(H,16,18). The van der Waals surface area contributed by atoms with Gasteiger partial charge in [0.15, 0.2) is 0 Å². The second-order valence-electron chi connectivity index (χ2n) is 4.88. The van der Waals surface area contributed by atoms with Crippen LogP contribution >= 0.6 is 0 Å². The first-order valence-corrected chi connectivity index (χ1v) is 6.55. The van der Waals surface area contributed by atoms with Gasteiger partial charge >= 0.3 is 0 Å². The normalized spacial score (nSPS) is 15.3. The number of nitrogens with one attached hydrogen (secondary N) is 1. The topological polar surface area (TPSA) is 60.0 Å². The van der Waals surface area contributed by atoms with Crippen LogP contribution < -0.4 is 11.1 Å². The summed E-state index contributed by atoms with van der Waals surface area (Å²) in [7, 11) is 1.83. The maximum atomic E-state index is 11.9. The van der Waals surface area contributed by atoms with Crippen LogP contribution in [-0.4, -0.2) is 17.0 Å². The zero-order valence-electron chi connectivity index (χ0n) is 10.9. The number of nitrogens with zero attached hydrogens (tertiary/aromatic N) is 1. The van der Waals surface area contributed by atoms with E-state index in [1.807, 2.05) is 7.05 Å². The van der Waals surface area contributed by atoms with Gasteiger partial charge in [0.25, 0.3) is 5.91 Å². The Hall–Kier alpha value is -1.71. The first-order valence-electron chi connectivity index (χ1n) is 6.55. The van der Waals surface area contributed by atoms with Gasteiger partial charge in [-0.2, -0.15) is 0 Å². The summed E-state index contributed by atoms with van der Waals surface area (Å²) in [6.07, 6.45) is 10.00. The van der Waals surface area contributed by atoms with Crippen molar-refractivity contribution in [2.24, 2.45) is 7.05 Å². The predicted octanol–water partition coefficient (Wildman–Crippen LogP) is 2.23. The second kappa shape index (κ2) is 5.76. The number of hydrogen-bond acceptors (Lipinski definition) is 2. The Morgan fingerprint density at radius 3 is 2.94 bits per heavy atom. The van der Waals surface area contributed by atoms with Gasteiger partial charge in [0.1, 0.15) is 5.69 Å². The number of nitrogen functional groups attached to an aromatic ring is 1. The molecule has 0 spiro atoms. The molecule has 0 saturated heterocycles. The monoisotopic (exact) mass is 247 g/mol. The van der Waals surface area contributed by atoms with Crippen molar-refractivity contribution in [3.05, 3.63) is 29.6 Å². The Balaban J connectivity index is 1.81. The van der Waals surface area contributed by atoms with Crippen LogP contribution in [0.25, 0.3) is 0 Å². The summed E-state index contributed by atoms with van der Waals surface area (Å²) >= 11 is 0. The Kier molecular flexibility index (Phi) is 4.07. The third-order valence-corrected chi connectivity index (χ3v) is 3.38. The number of amides is 1. The molecule has 18 heavy (non-hydrogen) atoms. The summed E-state index contributed by atoms with van der Waals surface area (Å²) in [5.74, 6) is -0.0504. The maximum absolute atomic E-state index is 11.9. The van der Waals surface area contributed by atoms with Gasteiger partial charge < -0.3 is 15.6 Å². The minimum absolute atomic E-state index is 0.0504. The molecule has 1 aromatic rings. The minimum atomic E-state index is -0.0504. The zero-order chi connectivity index (χ0) is 13.0. The largest absolute Gasteiger partial charge is 0.397 e. The van der Waals surface area contributed by atoms with E-state index in [-0.39, 0.29) is 5.91 Å². The molecule has 98 valence electrons. The van der Waals surface area contributed by atoms with Crippen LogP contribution in [0.4, 0.5) is 5.69 Å². The highest BCUT2D eigenvalue weighted by Gasteiger charge is 2.10. The fraction of sp³-hybridized carbons (Fsp3) is 0.500. The molecule has 0 unspecified atom stereocenters. The summed E-state index contributed by atoms with van der Waals surface area (Å²) in [6.45, 7) is 0.704. The third kappa shape index (κ3) is 3.15. The first kappa shape index (κ1) is 12.7. The molecule has 4 nitrogen and oxygen atoms in total. The molecule has 0 radical (unpaired) electrons. The van der Waals surface area contributed by atoms with Gasteiger partial charge in [0.05, 0.1) is 5.69 Å². The average molecular weight is 247 g/mol. The lowest BCUT2D eigenvalue weighted by atomic mass is 9.97. The Labute approximate surface area is 108 Å². The van der Waals surface area contributed by atoms with Gasteiger partial charge in [-0.1, -0.05) is 11.6 Å². The van der Waals surface area contributed by atoms with E-state index in [1.54, 1.807) is 16.8 Å². The number of carbonyl (C=O) groups excluding carboxylic acids is 1. The molecule has 0 aromatic carbocycles. The molecule has 1 aromatic heterocycles. The van der Waals surface area contributed by atoms with Crippen molar-refractivity contribution in [1.29, 1.82) is 0 Å². The SMILES string of the molecule is Cn1cc(N)cc1C(=O)NCCC1=CCCCC1. The van der Waals surface area contributed by atoms with Gasteiger partial charge in [0.2, 0.25) is 0 Å². The van der Waals surface area contributed by atoms with Gasteiger partial charge in [-0.15, -0.1) is 0 Å². The van der Waals surface area contributed by atoms with Crippen molar-refractivity contribution in [1.82, 2.24) is 9.88 Å². The lowest BCUT2D eigenvalue weighted by molar-refractivity contribution is 0.0946. The molecule has 0 aliphatic heterocycles. The molecular weight excluding hydrogens is 226 g/mol. The molecule has 2 rings (SSSR count). The number of nitrogens with two attached hydrogens (primary N) is 1. The molecule has 0 atom stereocenters. The van der Waals surface area contributed by atoms with Crippen LogP contribution in [0, 0.1) is 0 Å². The molecule has 0 bridgehead atoms. The molecule has 3 N–H and O–H groups in total. The van der Waals surface area contributed by atoms with Crippen LogP contribution in [0.1, 0.15) is 42.6 Å². The van der Waals surface area contributed by atoms with Crippen LogP contribution in [-0.2, 0) is 7.05 Å². The average Bonchev–Trinajstić information content (AvgIpc) is 2.70. The number of carbonyl (C=O) groups is 1. The molecule has 1 aliphatic carbocycles. The summed E-state index contributed by atoms with van der Waals surface area (Å²) < 4.78 is 1.75. The van der Waals surface area contributed by atoms with Gasteiger partial charge in [-0.3, -0.25) is 4.79 Å². The fourth-order valence-electron chi connectivity index (χ4n) is 2.37. The lowest BCUT2D eigenvalue weighted by Crippen LogP contribution is -2.26. The Morgan fingerprint density at radius 1 is 1.50 bits per heavy atom. The van der Waals surface area contributed by atoms with E-state index in [1.165, 1.54) is 31.3 Å². The molecule has 1 aliphatic rings. The van der Waals surface area contributed by atoms with Gasteiger partial charge in [-0.05, 0) is 38.2 Å². The first-order chi connectivity index (χ1) is 8.66. The number of aryl methyl sites for hydroxylation is 1. The van der Waals surface area contributed by atoms with Crippen LogP contribution in [0.2, 0.25) is 0 Å². The van der Waals surface area contributed by atoms with E-state index in [0.29, 0.717) is 17.9 Å². The van der Waals surface area contributed by atoms with E-state index in [2.05, 4.69) is 11.4 Å². The third-order valence-electron chi connectivity index (χ3n) is 3.38. The van der Waals surface area contributed by atoms with Crippen LogP contribution in [0.3, 0.4) is 0 Å². The highest BCUT2D eigenvalue weighted by atomic mass is 16.1. The van der Waals surface area contributed by atoms with Crippen molar-refractivity contribution in [2.75, 3.05) is 12.3 Å². The van der Waals surface area contributed by atoms with Crippen molar-refractivity contribution in [3.63, 3.8) is 0 Å². The van der Waals surface area contributed by atoms with E-state index in [4.69, 9.17) is 5.73 Å². The molecule has 0 saturated carbocycles. The number of hydrogen-bond donors (Lipinski definition) is 2. The van der Waals surface area contributed by atoms with Gasteiger partial charge in [-0.25, -0.2) is 0 Å². The van der Waals surface area contributed by atoms with Crippen molar-refractivity contribution in [3.8, 4) is 0 Å². The fourth-order valence-corrected chi connectivity index (χ4v) is 2.37. The van der Waals surface area contributed by atoms with E-state index < -0.39 is 0 Å². The Morgan fingerprint density at radius 2 is 2.33 bits per heavy atom. The summed E-state index contributed by atoms with van der Waals surface area (Å²) in [4.78, 5) is 11.9. The molecular formula is C14H21N3O. The van der Waals surface area contributed by atoms with E-state index in [9.17, 15) is 4.79 Å². The lowest BCUT2D eigenvalue weighted by Gasteiger charge is -2.13. The zero-order valence-corrected chi connectivity index (χ0v) is 10.9. The molecule has 1 amide bonds. The Bertz CT molecular complexity index is 460. The van der Waals surface area contributed by atoms with E-state index >= 15 is 0 Å². The predicted molar refractivity (Wildman–Crippen MR) is 73.3 cm³/mol. The molecule has 1 heterocycles. The summed E-state index contributed by atoms with van der Waals surface area (Å²) in [6, 6.07) is 1.70. The van der Waals surface area contributed by atoms with Crippen molar-refractivity contribution >= 4 is 11.6 Å². The smallest absolute Gasteiger partial charge is 0.267 e. The van der Waals surface area contributed by atoms with Gasteiger partial charge in [0, 0.05) is 19.8 Å². The summed E-state index contributed by atoms with van der Waals surface area (Å²) in [5, 5.41) is 2.94. The quantitative estimate of drug-likeness (QED) is 0.801. The highest BCUT2D eigenvalue weighted by molar-refractivity contribution is 5.93. The number of aromatic nitrogens is 1. The highest BCUT2D eigenvalue weighted by Crippen LogP contribution is 2.19. The minimum Gasteiger partial charge on any atom is -0.397 e. The van der Waals surface area contributed by atoms with Crippen LogP contribution in [0.5, 0.6) is 0 Å². The van der Waals surface area contributed by atoms with Crippen molar-refractivity contribution < 1.29 is 4.79 Å². The maximum Gasteiger partial charge on any atom is 0.267 e. The van der Waals surface area contributed by atoms with E-state index in [0.717, 1.165) is 6.42 Å². The van der Waals surface area contributed by atoms with Crippen LogP contribution in [0.15, 0.2) is 23.9 Å². The second-order valence-corrected chi connectivity index (χ2v) is 4.88. The molecule has 4 heteroatoms. The number of anilines is 1. The summed E-state index contributed by atoms with van der Waals surface area (Å²) in [5.41, 5.74) is 8.37. The van der Waals surface area contributed by atoms with Crippen molar-refractivity contribution in [2.45, 2.75) is 32.1 Å².